The molecule has 0 aromatic carbocycles. The standard InChI is InChI=1S/C9H19NO/c1-9(2,3)7-10-4-8(5-10)6-11/h8,11H,4-7H2,1-3H3. The molecule has 1 aliphatic rings. The second-order valence-electron chi connectivity index (χ2n) is 4.80. The SMILES string of the molecule is CC(C)(C)CN1CC(CO)C1. The lowest BCUT2D eigenvalue weighted by atomic mass is 9.92. The molecule has 1 N–H and O–H groups in total. The molecule has 0 aromatic heterocycles. The maximum absolute atomic E-state index is 8.78. The predicted molar refractivity (Wildman–Crippen MR) is 46.5 cm³/mol. The summed E-state index contributed by atoms with van der Waals surface area (Å²) in [5.41, 5.74) is 0.403. The molecule has 1 saturated heterocycles. The summed E-state index contributed by atoms with van der Waals surface area (Å²) in [6.07, 6.45) is 0. The highest BCUT2D eigenvalue weighted by molar-refractivity contribution is 4.82. The Morgan fingerprint density at radius 2 is 1.91 bits per heavy atom. The van der Waals surface area contributed by atoms with E-state index in [0.29, 0.717) is 17.9 Å². The van der Waals surface area contributed by atoms with Crippen LogP contribution in [-0.4, -0.2) is 36.2 Å². The maximum atomic E-state index is 8.78. The van der Waals surface area contributed by atoms with Gasteiger partial charge < -0.3 is 10.0 Å². The van der Waals surface area contributed by atoms with Crippen molar-refractivity contribution in [1.29, 1.82) is 0 Å². The van der Waals surface area contributed by atoms with Crippen LogP contribution in [0.3, 0.4) is 0 Å². The topological polar surface area (TPSA) is 23.5 Å². The molecule has 1 fully saturated rings. The van der Waals surface area contributed by atoms with Gasteiger partial charge in [-0.1, -0.05) is 20.8 Å². The summed E-state index contributed by atoms with van der Waals surface area (Å²) < 4.78 is 0. The van der Waals surface area contributed by atoms with Crippen LogP contribution in [0.5, 0.6) is 0 Å². The Bertz CT molecular complexity index is 122. The van der Waals surface area contributed by atoms with Gasteiger partial charge in [0.15, 0.2) is 0 Å². The molecule has 0 unspecified atom stereocenters. The van der Waals surface area contributed by atoms with Crippen molar-refractivity contribution in [2.75, 3.05) is 26.2 Å². The van der Waals surface area contributed by atoms with Gasteiger partial charge in [-0.2, -0.15) is 0 Å². The molecule has 0 aliphatic carbocycles. The van der Waals surface area contributed by atoms with Crippen LogP contribution in [0.2, 0.25) is 0 Å². The summed E-state index contributed by atoms with van der Waals surface area (Å²) in [4.78, 5) is 2.40. The van der Waals surface area contributed by atoms with Crippen molar-refractivity contribution in [3.63, 3.8) is 0 Å². The van der Waals surface area contributed by atoms with E-state index in [1.807, 2.05) is 0 Å². The lowest BCUT2D eigenvalue weighted by Gasteiger charge is -2.41. The quantitative estimate of drug-likeness (QED) is 0.645. The fourth-order valence-electron chi connectivity index (χ4n) is 1.59. The summed E-state index contributed by atoms with van der Waals surface area (Å²) in [6, 6.07) is 0. The fourth-order valence-corrected chi connectivity index (χ4v) is 1.59. The predicted octanol–water partition coefficient (Wildman–Crippen LogP) is 0.957. The molecular formula is C9H19NO. The number of nitrogens with zero attached hydrogens (tertiary/aromatic N) is 1. The van der Waals surface area contributed by atoms with Crippen molar-refractivity contribution in [3.05, 3.63) is 0 Å². The van der Waals surface area contributed by atoms with Crippen LogP contribution in [0.15, 0.2) is 0 Å². The third kappa shape index (κ3) is 2.80. The van der Waals surface area contributed by atoms with Crippen LogP contribution in [0.1, 0.15) is 20.8 Å². The number of rotatable bonds is 2. The van der Waals surface area contributed by atoms with Crippen LogP contribution in [-0.2, 0) is 0 Å². The molecule has 0 radical (unpaired) electrons. The smallest absolute Gasteiger partial charge is 0.0483 e. The van der Waals surface area contributed by atoms with Crippen LogP contribution in [0, 0.1) is 11.3 Å². The minimum absolute atomic E-state index is 0.362. The van der Waals surface area contributed by atoms with E-state index >= 15 is 0 Å². The van der Waals surface area contributed by atoms with Crippen molar-refractivity contribution in [2.45, 2.75) is 20.8 Å². The fraction of sp³-hybridized carbons (Fsp3) is 1.00. The minimum Gasteiger partial charge on any atom is -0.396 e. The lowest BCUT2D eigenvalue weighted by Crippen LogP contribution is -2.51. The molecule has 0 atom stereocenters. The highest BCUT2D eigenvalue weighted by Gasteiger charge is 2.28. The molecule has 66 valence electrons. The first-order chi connectivity index (χ1) is 5.01. The van der Waals surface area contributed by atoms with Gasteiger partial charge in [0.1, 0.15) is 0 Å². The largest absolute Gasteiger partial charge is 0.396 e. The van der Waals surface area contributed by atoms with Crippen LogP contribution < -0.4 is 0 Å². The normalized spacial score (nSPS) is 21.8. The Morgan fingerprint density at radius 1 is 1.36 bits per heavy atom. The molecule has 0 amide bonds. The first-order valence-electron chi connectivity index (χ1n) is 4.34. The molecular weight excluding hydrogens is 138 g/mol. The van der Waals surface area contributed by atoms with Crippen molar-refractivity contribution < 1.29 is 5.11 Å². The number of hydrogen-bond acceptors (Lipinski definition) is 2. The Kier molecular flexibility index (Phi) is 2.55. The van der Waals surface area contributed by atoms with Crippen molar-refractivity contribution in [2.24, 2.45) is 11.3 Å². The monoisotopic (exact) mass is 157 g/mol. The average Bonchev–Trinajstić information content (AvgIpc) is 1.75. The van der Waals surface area contributed by atoms with E-state index in [-0.39, 0.29) is 0 Å². The van der Waals surface area contributed by atoms with Crippen LogP contribution >= 0.6 is 0 Å². The van der Waals surface area contributed by atoms with Crippen LogP contribution in [0.25, 0.3) is 0 Å². The van der Waals surface area contributed by atoms with Gasteiger partial charge in [-0.15, -0.1) is 0 Å². The van der Waals surface area contributed by atoms with Gasteiger partial charge in [-0.05, 0) is 5.41 Å². The summed E-state index contributed by atoms with van der Waals surface area (Å²) in [7, 11) is 0. The third-order valence-electron chi connectivity index (χ3n) is 1.99. The molecule has 1 aliphatic heterocycles. The number of aliphatic hydroxyl groups is 1. The summed E-state index contributed by atoms with van der Waals surface area (Å²) in [5.74, 6) is 0.553. The van der Waals surface area contributed by atoms with Gasteiger partial charge >= 0.3 is 0 Å². The Balaban J connectivity index is 2.14. The molecule has 11 heavy (non-hydrogen) atoms. The second-order valence-corrected chi connectivity index (χ2v) is 4.80. The molecule has 1 heterocycles. The number of aliphatic hydroxyl groups excluding tert-OH is 1. The first kappa shape index (κ1) is 9.01. The van der Waals surface area contributed by atoms with E-state index in [4.69, 9.17) is 5.11 Å². The molecule has 0 aromatic rings. The van der Waals surface area contributed by atoms with Gasteiger partial charge in [0, 0.05) is 32.2 Å². The molecule has 2 heteroatoms. The van der Waals surface area contributed by atoms with E-state index in [9.17, 15) is 0 Å². The molecule has 2 nitrogen and oxygen atoms in total. The molecule has 0 spiro atoms. The number of hydrogen-bond donors (Lipinski definition) is 1. The Hall–Kier alpha value is -0.0800. The molecule has 1 rings (SSSR count). The van der Waals surface area contributed by atoms with Crippen molar-refractivity contribution >= 4 is 0 Å². The second kappa shape index (κ2) is 3.11. The zero-order valence-electron chi connectivity index (χ0n) is 7.80. The zero-order valence-corrected chi connectivity index (χ0v) is 7.80. The average molecular weight is 157 g/mol. The van der Waals surface area contributed by atoms with Gasteiger partial charge in [0.2, 0.25) is 0 Å². The summed E-state index contributed by atoms with van der Waals surface area (Å²) >= 11 is 0. The zero-order chi connectivity index (χ0) is 8.48. The number of likely N-dealkylation sites (tertiary alicyclic amines) is 1. The van der Waals surface area contributed by atoms with E-state index in [1.165, 1.54) is 0 Å². The first-order valence-corrected chi connectivity index (χ1v) is 4.34. The maximum Gasteiger partial charge on any atom is 0.0483 e. The van der Waals surface area contributed by atoms with Gasteiger partial charge in [-0.25, -0.2) is 0 Å². The van der Waals surface area contributed by atoms with Crippen molar-refractivity contribution in [1.82, 2.24) is 4.90 Å². The van der Waals surface area contributed by atoms with Gasteiger partial charge in [0.05, 0.1) is 0 Å². The van der Waals surface area contributed by atoms with E-state index in [0.717, 1.165) is 19.6 Å². The highest BCUT2D eigenvalue weighted by atomic mass is 16.3. The minimum atomic E-state index is 0.362. The van der Waals surface area contributed by atoms with E-state index in [1.54, 1.807) is 0 Å². The Labute approximate surface area is 69.2 Å². The lowest BCUT2D eigenvalue weighted by molar-refractivity contribution is 0.0300. The Morgan fingerprint density at radius 3 is 2.27 bits per heavy atom. The van der Waals surface area contributed by atoms with Gasteiger partial charge in [-0.3, -0.25) is 0 Å². The van der Waals surface area contributed by atoms with Crippen LogP contribution in [0.4, 0.5) is 0 Å². The summed E-state index contributed by atoms with van der Waals surface area (Å²) in [5, 5.41) is 8.78. The van der Waals surface area contributed by atoms with Crippen molar-refractivity contribution in [3.8, 4) is 0 Å². The summed E-state index contributed by atoms with van der Waals surface area (Å²) in [6.45, 7) is 10.4. The van der Waals surface area contributed by atoms with E-state index < -0.39 is 0 Å². The van der Waals surface area contributed by atoms with E-state index in [2.05, 4.69) is 25.7 Å². The van der Waals surface area contributed by atoms with Gasteiger partial charge in [0.25, 0.3) is 0 Å². The molecule has 0 saturated carbocycles. The molecule has 0 bridgehead atoms. The highest BCUT2D eigenvalue weighted by Crippen LogP contribution is 2.21. The third-order valence-corrected chi connectivity index (χ3v) is 1.99.